The smallest absolute Gasteiger partial charge is 0.0235 e. The molecule has 118 valence electrons. The van der Waals surface area contributed by atoms with Gasteiger partial charge in [0.1, 0.15) is 0 Å². The summed E-state index contributed by atoms with van der Waals surface area (Å²) >= 11 is 0. The Bertz CT molecular complexity index is 275. The Hall–Kier alpha value is -0.120. The molecule has 0 amide bonds. The summed E-state index contributed by atoms with van der Waals surface area (Å²) in [5.41, 5.74) is 0.440. The minimum Gasteiger partial charge on any atom is -0.316 e. The standard InChI is InChI=1S/C17H35N3/c1-4-9-18-14-17(3,5-2)15-19-12-8-16(13-19)20-10-6-7-11-20/h16,18H,4-15H2,1-3H3. The van der Waals surface area contributed by atoms with E-state index in [9.17, 15) is 0 Å². The van der Waals surface area contributed by atoms with Gasteiger partial charge >= 0.3 is 0 Å². The summed E-state index contributed by atoms with van der Waals surface area (Å²) in [6, 6.07) is 0.849. The SMILES string of the molecule is CCCNCC(C)(CC)CN1CCC(N2CCCC2)C1. The molecule has 2 rings (SSSR count). The Kier molecular flexibility index (Phi) is 6.31. The van der Waals surface area contributed by atoms with Gasteiger partial charge in [-0.25, -0.2) is 0 Å². The number of nitrogens with one attached hydrogen (secondary N) is 1. The molecule has 2 unspecified atom stereocenters. The molecule has 2 atom stereocenters. The van der Waals surface area contributed by atoms with Crippen LogP contribution in [0, 0.1) is 5.41 Å². The molecule has 0 spiro atoms. The molecule has 2 saturated heterocycles. The lowest BCUT2D eigenvalue weighted by Crippen LogP contribution is -2.43. The second-order valence-electron chi connectivity index (χ2n) is 7.26. The van der Waals surface area contributed by atoms with Gasteiger partial charge in [-0.05, 0) is 63.7 Å². The molecule has 0 aromatic heterocycles. The second-order valence-corrected chi connectivity index (χ2v) is 7.26. The van der Waals surface area contributed by atoms with Crippen molar-refractivity contribution >= 4 is 0 Å². The van der Waals surface area contributed by atoms with Crippen molar-refractivity contribution in [3.63, 3.8) is 0 Å². The molecule has 0 saturated carbocycles. The fourth-order valence-electron chi connectivity index (χ4n) is 3.76. The Labute approximate surface area is 126 Å². The van der Waals surface area contributed by atoms with Gasteiger partial charge in [0.05, 0.1) is 0 Å². The lowest BCUT2D eigenvalue weighted by molar-refractivity contribution is 0.164. The van der Waals surface area contributed by atoms with Crippen LogP contribution in [0.2, 0.25) is 0 Å². The van der Waals surface area contributed by atoms with Crippen LogP contribution < -0.4 is 5.32 Å². The van der Waals surface area contributed by atoms with E-state index in [2.05, 4.69) is 35.9 Å². The molecule has 2 aliphatic heterocycles. The first-order valence-corrected chi connectivity index (χ1v) is 8.84. The van der Waals surface area contributed by atoms with Crippen molar-refractivity contribution < 1.29 is 0 Å². The number of rotatable bonds is 8. The topological polar surface area (TPSA) is 18.5 Å². The molecule has 0 bridgehead atoms. The third kappa shape index (κ3) is 4.44. The van der Waals surface area contributed by atoms with Gasteiger partial charge < -0.3 is 10.2 Å². The summed E-state index contributed by atoms with van der Waals surface area (Å²) in [6.07, 6.45) is 6.74. The fourth-order valence-corrected chi connectivity index (χ4v) is 3.76. The number of likely N-dealkylation sites (tertiary alicyclic amines) is 2. The Morgan fingerprint density at radius 1 is 1.15 bits per heavy atom. The monoisotopic (exact) mass is 281 g/mol. The molecule has 3 heteroatoms. The lowest BCUT2D eigenvalue weighted by atomic mass is 9.86. The summed E-state index contributed by atoms with van der Waals surface area (Å²) in [4.78, 5) is 5.46. The van der Waals surface area contributed by atoms with Crippen molar-refractivity contribution in [1.82, 2.24) is 15.1 Å². The first-order valence-electron chi connectivity index (χ1n) is 8.84. The first-order chi connectivity index (χ1) is 9.67. The number of hydrogen-bond donors (Lipinski definition) is 1. The molecule has 2 heterocycles. The van der Waals surface area contributed by atoms with Crippen LogP contribution in [0.3, 0.4) is 0 Å². The van der Waals surface area contributed by atoms with Crippen LogP contribution in [-0.4, -0.2) is 61.7 Å². The van der Waals surface area contributed by atoms with Gasteiger partial charge in [-0.3, -0.25) is 4.90 Å². The van der Waals surface area contributed by atoms with Crippen LogP contribution in [-0.2, 0) is 0 Å². The van der Waals surface area contributed by atoms with Gasteiger partial charge in [0.15, 0.2) is 0 Å². The molecule has 20 heavy (non-hydrogen) atoms. The Morgan fingerprint density at radius 3 is 2.55 bits per heavy atom. The highest BCUT2D eigenvalue weighted by molar-refractivity contribution is 4.89. The molecular weight excluding hydrogens is 246 g/mol. The highest BCUT2D eigenvalue weighted by atomic mass is 15.3. The first kappa shape index (κ1) is 16.3. The van der Waals surface area contributed by atoms with Crippen LogP contribution in [0.25, 0.3) is 0 Å². The van der Waals surface area contributed by atoms with E-state index in [0.29, 0.717) is 5.41 Å². The minimum atomic E-state index is 0.440. The van der Waals surface area contributed by atoms with Crippen molar-refractivity contribution in [3.05, 3.63) is 0 Å². The highest BCUT2D eigenvalue weighted by Crippen LogP contribution is 2.26. The number of nitrogens with zero attached hydrogens (tertiary/aromatic N) is 2. The molecule has 2 fully saturated rings. The highest BCUT2D eigenvalue weighted by Gasteiger charge is 2.32. The van der Waals surface area contributed by atoms with Crippen LogP contribution in [0.1, 0.15) is 52.9 Å². The van der Waals surface area contributed by atoms with Crippen LogP contribution in [0.15, 0.2) is 0 Å². The molecule has 2 aliphatic rings. The zero-order valence-electron chi connectivity index (χ0n) is 14.0. The third-order valence-corrected chi connectivity index (χ3v) is 5.34. The summed E-state index contributed by atoms with van der Waals surface area (Å²) in [6.45, 7) is 16.0. The average molecular weight is 281 g/mol. The van der Waals surface area contributed by atoms with Crippen molar-refractivity contribution in [1.29, 1.82) is 0 Å². The molecule has 0 radical (unpaired) electrons. The van der Waals surface area contributed by atoms with Gasteiger partial charge in [-0.15, -0.1) is 0 Å². The maximum atomic E-state index is 3.63. The lowest BCUT2D eigenvalue weighted by Gasteiger charge is -2.34. The van der Waals surface area contributed by atoms with Gasteiger partial charge in [0.25, 0.3) is 0 Å². The Balaban J connectivity index is 1.76. The zero-order valence-corrected chi connectivity index (χ0v) is 14.0. The van der Waals surface area contributed by atoms with Crippen molar-refractivity contribution in [2.75, 3.05) is 45.8 Å². The second kappa shape index (κ2) is 7.77. The maximum Gasteiger partial charge on any atom is 0.0235 e. The maximum absolute atomic E-state index is 3.63. The quantitative estimate of drug-likeness (QED) is 0.690. The van der Waals surface area contributed by atoms with Crippen LogP contribution in [0.4, 0.5) is 0 Å². The molecule has 1 N–H and O–H groups in total. The van der Waals surface area contributed by atoms with E-state index in [1.807, 2.05) is 0 Å². The zero-order chi connectivity index (χ0) is 14.4. The fraction of sp³-hybridized carbons (Fsp3) is 1.00. The van der Waals surface area contributed by atoms with Crippen molar-refractivity contribution in [2.24, 2.45) is 5.41 Å². The van der Waals surface area contributed by atoms with Gasteiger partial charge in [-0.2, -0.15) is 0 Å². The largest absolute Gasteiger partial charge is 0.316 e. The summed E-state index contributed by atoms with van der Waals surface area (Å²) in [5, 5.41) is 3.63. The number of hydrogen-bond acceptors (Lipinski definition) is 3. The van der Waals surface area contributed by atoms with E-state index in [-0.39, 0.29) is 0 Å². The predicted molar refractivity (Wildman–Crippen MR) is 87.2 cm³/mol. The molecule has 0 aromatic rings. The van der Waals surface area contributed by atoms with Gasteiger partial charge in [0.2, 0.25) is 0 Å². The molecular formula is C17H35N3. The van der Waals surface area contributed by atoms with E-state index in [1.165, 1.54) is 71.4 Å². The van der Waals surface area contributed by atoms with Crippen LogP contribution >= 0.6 is 0 Å². The van der Waals surface area contributed by atoms with E-state index >= 15 is 0 Å². The molecule has 0 aromatic carbocycles. The minimum absolute atomic E-state index is 0.440. The van der Waals surface area contributed by atoms with E-state index < -0.39 is 0 Å². The average Bonchev–Trinajstić information content (AvgIpc) is 3.09. The molecule has 3 nitrogen and oxygen atoms in total. The van der Waals surface area contributed by atoms with Crippen molar-refractivity contribution in [2.45, 2.75) is 58.9 Å². The van der Waals surface area contributed by atoms with Crippen LogP contribution in [0.5, 0.6) is 0 Å². The van der Waals surface area contributed by atoms with E-state index in [0.717, 1.165) is 12.6 Å². The summed E-state index contributed by atoms with van der Waals surface area (Å²) in [7, 11) is 0. The van der Waals surface area contributed by atoms with E-state index in [1.54, 1.807) is 0 Å². The van der Waals surface area contributed by atoms with Gasteiger partial charge in [-0.1, -0.05) is 20.8 Å². The molecule has 0 aliphatic carbocycles. The van der Waals surface area contributed by atoms with Crippen molar-refractivity contribution in [3.8, 4) is 0 Å². The summed E-state index contributed by atoms with van der Waals surface area (Å²) in [5.74, 6) is 0. The summed E-state index contributed by atoms with van der Waals surface area (Å²) < 4.78 is 0. The predicted octanol–water partition coefficient (Wildman–Crippen LogP) is 2.57. The third-order valence-electron chi connectivity index (χ3n) is 5.34. The normalized spacial score (nSPS) is 28.1. The van der Waals surface area contributed by atoms with E-state index in [4.69, 9.17) is 0 Å². The Morgan fingerprint density at radius 2 is 1.90 bits per heavy atom. The van der Waals surface area contributed by atoms with Gasteiger partial charge in [0, 0.05) is 25.7 Å².